The van der Waals surface area contributed by atoms with Crippen molar-refractivity contribution < 1.29 is 173 Å². The Morgan fingerprint density at radius 1 is 0.326 bits per heavy atom. The topological polar surface area (TPSA) is 592 Å². The molecule has 0 aliphatic carbocycles. The predicted molar refractivity (Wildman–Crippen MR) is 265 cm³/mol. The van der Waals surface area contributed by atoms with Crippen molar-refractivity contribution in [2.45, 2.75) is 242 Å². The highest BCUT2D eigenvalue weighted by Crippen LogP contribution is 2.38. The van der Waals surface area contributed by atoms with Gasteiger partial charge in [0.15, 0.2) is 44.0 Å². The quantitative estimate of drug-likeness (QED) is 0.0507. The number of nitrogens with one attached hydrogen (secondary N) is 3. The normalized spacial score (nSPS) is 49.4. The fourth-order valence-electron chi connectivity index (χ4n) is 11.0. The highest BCUT2D eigenvalue weighted by Gasteiger charge is 2.59. The average Bonchev–Trinajstić information content (AvgIpc) is 0.996. The lowest BCUT2D eigenvalue weighted by Gasteiger charge is -2.51. The second-order valence-electron chi connectivity index (χ2n) is 21.8. The molecule has 22 N–H and O–H groups in total. The maximum atomic E-state index is 13.1. The summed E-state index contributed by atoms with van der Waals surface area (Å²) in [7, 11) is 0. The van der Waals surface area contributed by atoms with E-state index in [4.69, 9.17) is 61.6 Å². The summed E-state index contributed by atoms with van der Waals surface area (Å²) in [5.74, 6) is -2.56. The summed E-state index contributed by atoms with van der Waals surface area (Å²) >= 11 is 0. The summed E-state index contributed by atoms with van der Waals surface area (Å²) in [5, 5.41) is 213. The maximum Gasteiger partial charge on any atom is 0.217 e. The molecule has 0 aromatic heterocycles. The third-order valence-electron chi connectivity index (χ3n) is 15.7. The Balaban J connectivity index is 1.14. The van der Waals surface area contributed by atoms with E-state index in [-0.39, 0.29) is 0 Å². The van der Waals surface area contributed by atoms with Crippen LogP contribution in [0.5, 0.6) is 0 Å². The Morgan fingerprint density at radius 3 is 1.21 bits per heavy atom. The van der Waals surface area contributed by atoms with Gasteiger partial charge in [0.2, 0.25) is 17.7 Å². The molecule has 7 fully saturated rings. The van der Waals surface area contributed by atoms with E-state index in [9.17, 15) is 111 Å². The van der Waals surface area contributed by atoms with Crippen LogP contribution in [0.4, 0.5) is 0 Å². The van der Waals surface area contributed by atoms with E-state index in [1.807, 2.05) is 0 Å². The lowest BCUT2D eigenvalue weighted by molar-refractivity contribution is -0.389. The molecule has 35 atom stereocenters. The molecule has 7 heterocycles. The van der Waals surface area contributed by atoms with E-state index < -0.39 is 272 Å². The van der Waals surface area contributed by atoms with Crippen LogP contribution < -0.4 is 16.0 Å². The largest absolute Gasteiger partial charge is 0.394 e. The molecule has 38 nitrogen and oxygen atoms in total. The third-order valence-corrected chi connectivity index (χ3v) is 15.7. The van der Waals surface area contributed by atoms with Crippen LogP contribution in [0.1, 0.15) is 27.7 Å². The van der Waals surface area contributed by atoms with Gasteiger partial charge in [-0.05, 0) is 6.92 Å². The molecule has 7 saturated heterocycles. The summed E-state index contributed by atoms with van der Waals surface area (Å²) in [6, 6.07) is -5.28. The second kappa shape index (κ2) is 30.5. The van der Waals surface area contributed by atoms with Gasteiger partial charge < -0.3 is 175 Å². The second-order valence-corrected chi connectivity index (χ2v) is 21.8. The van der Waals surface area contributed by atoms with Crippen molar-refractivity contribution in [3.63, 3.8) is 0 Å². The molecular weight excluding hydrogens is 1180 g/mol. The lowest BCUT2D eigenvalue weighted by atomic mass is 9.93. The van der Waals surface area contributed by atoms with Gasteiger partial charge in [0, 0.05) is 20.8 Å². The molecule has 7 rings (SSSR count). The molecule has 0 saturated carbocycles. The molecule has 0 aromatic rings. The Hall–Kier alpha value is -2.87. The van der Waals surface area contributed by atoms with Gasteiger partial charge in [0.1, 0.15) is 165 Å². The zero-order chi connectivity index (χ0) is 63.5. The minimum atomic E-state index is -2.32. The zero-order valence-electron chi connectivity index (χ0n) is 46.5. The van der Waals surface area contributed by atoms with Gasteiger partial charge in [-0.3, -0.25) is 14.4 Å². The van der Waals surface area contributed by atoms with Crippen LogP contribution in [0.15, 0.2) is 0 Å². The van der Waals surface area contributed by atoms with Crippen molar-refractivity contribution in [1.82, 2.24) is 16.0 Å². The molecule has 498 valence electrons. The first-order chi connectivity index (χ1) is 40.6. The Bertz CT molecular complexity index is 2170. The van der Waals surface area contributed by atoms with E-state index in [0.717, 1.165) is 20.8 Å². The molecular formula is C48H81N3O35. The van der Waals surface area contributed by atoms with Crippen LogP contribution >= 0.6 is 0 Å². The van der Waals surface area contributed by atoms with Gasteiger partial charge in [0.25, 0.3) is 0 Å². The molecule has 0 radical (unpaired) electrons. The molecule has 1 unspecified atom stereocenters. The zero-order valence-corrected chi connectivity index (χ0v) is 46.5. The van der Waals surface area contributed by atoms with Crippen LogP contribution in [0.25, 0.3) is 0 Å². The Kier molecular flexibility index (Phi) is 25.0. The fraction of sp³-hybridized carbons (Fsp3) is 0.938. The number of aliphatic hydroxyl groups excluding tert-OH is 19. The van der Waals surface area contributed by atoms with E-state index in [2.05, 4.69) is 16.0 Å². The Labute approximate surface area is 488 Å². The third kappa shape index (κ3) is 15.4. The van der Waals surface area contributed by atoms with Crippen LogP contribution in [0.3, 0.4) is 0 Å². The van der Waals surface area contributed by atoms with Crippen LogP contribution in [0.2, 0.25) is 0 Å². The molecule has 3 amide bonds. The van der Waals surface area contributed by atoms with Crippen molar-refractivity contribution in [2.24, 2.45) is 0 Å². The number of carbonyl (C=O) groups excluding carboxylic acids is 3. The van der Waals surface area contributed by atoms with E-state index in [0.29, 0.717) is 0 Å². The number of hydrogen-bond acceptors (Lipinski definition) is 35. The first-order valence-electron chi connectivity index (χ1n) is 27.5. The van der Waals surface area contributed by atoms with E-state index in [1.165, 1.54) is 6.92 Å². The van der Waals surface area contributed by atoms with Gasteiger partial charge in [-0.1, -0.05) is 0 Å². The molecule has 7 aliphatic heterocycles. The minimum Gasteiger partial charge on any atom is -0.394 e. The summed E-state index contributed by atoms with van der Waals surface area (Å²) in [6.45, 7) is -1.52. The van der Waals surface area contributed by atoms with E-state index >= 15 is 0 Å². The molecule has 86 heavy (non-hydrogen) atoms. The number of ether oxygens (including phenoxy) is 13. The van der Waals surface area contributed by atoms with Crippen molar-refractivity contribution in [3.8, 4) is 0 Å². The summed E-state index contributed by atoms with van der Waals surface area (Å²) in [6.07, 6.45) is -60.8. The smallest absolute Gasteiger partial charge is 0.217 e. The number of carbonyl (C=O) groups is 3. The minimum absolute atomic E-state index is 0.797. The van der Waals surface area contributed by atoms with Gasteiger partial charge in [-0.2, -0.15) is 0 Å². The van der Waals surface area contributed by atoms with Crippen molar-refractivity contribution in [1.29, 1.82) is 0 Å². The number of aliphatic hydroxyl groups is 19. The van der Waals surface area contributed by atoms with Crippen molar-refractivity contribution in [3.05, 3.63) is 0 Å². The summed E-state index contributed by atoms with van der Waals surface area (Å²) in [4.78, 5) is 38.2. The molecule has 7 aliphatic rings. The first-order valence-corrected chi connectivity index (χ1v) is 27.5. The highest BCUT2D eigenvalue weighted by molar-refractivity contribution is 5.74. The van der Waals surface area contributed by atoms with Gasteiger partial charge in [0.05, 0.1) is 45.7 Å². The predicted octanol–water partition coefficient (Wildman–Crippen LogP) is -14.8. The lowest BCUT2D eigenvalue weighted by Crippen LogP contribution is -2.71. The molecule has 38 heteroatoms. The SMILES string of the molecule is CC(=O)N[C@H]1[C@H](OC[C@H]2OC(O)[C@H](NC(C)=O)[C@@H](O[C@@H]3O[C@H](CO)[C@H](O)[C@H](O[C@@H]4O[C@H](CO)[C@@H](O[C@@H]5O[C@H](CO)[C@H](O)[C@H](O)[C@H]5O)[C@H](O[C@@H]5O[C@@H](C)[C@@H](O)[C@@H](O)[C@@H]5O)[C@H]4NC(C)=O)[C@H]3O)[C@H]2O)O[C@H](CO)[C@@H](O[C@@H]2O[C@H](CO)[C@H](O)[C@H](O)[C@H]2O)[C@@H]1O. The first kappa shape index (κ1) is 70.6. The van der Waals surface area contributed by atoms with Gasteiger partial charge in [-0.15, -0.1) is 0 Å². The van der Waals surface area contributed by atoms with Gasteiger partial charge >= 0.3 is 0 Å². The summed E-state index contributed by atoms with van der Waals surface area (Å²) < 4.78 is 75.9. The number of hydrogen-bond donors (Lipinski definition) is 22. The van der Waals surface area contributed by atoms with Gasteiger partial charge in [-0.25, -0.2) is 0 Å². The summed E-state index contributed by atoms with van der Waals surface area (Å²) in [5.41, 5.74) is 0. The van der Waals surface area contributed by atoms with Crippen LogP contribution in [-0.2, 0) is 76.0 Å². The standard InChI is InChI=1S/C48H81N3O35/c1-11-24(60)30(66)33(69)45(75-11)85-40-23(51-14(4)59)44(81-19(9-56)38(40)83-47-35(71)32(68)26(62)16(6-53)78-47)86-41-27(63)17(7-54)79-48(36(41)72)84-39-22(50-13(3)58)42(73)76-20(28(39)64)10-74-43-21(49-12(2)57)29(65)37(18(8-55)80-43)82-46-34(70)31(67)25(61)15(5-52)77-46/h11,15-48,52-56,60-73H,5-10H2,1-4H3,(H,49,57)(H,50,58)(H,51,59)/t11-,15+,16+,17+,18+,19+,20+,21+,22+,23+,24+,25-,26-,27-,28-,29+,30+,31-,32-,33-,34+,35+,36+,37+,38+,39+,40+,41-,42?,43+,44-,45-,46-,47-,48-/m0/s1. The van der Waals surface area contributed by atoms with Crippen molar-refractivity contribution >= 4 is 17.7 Å². The van der Waals surface area contributed by atoms with Crippen LogP contribution in [0, 0.1) is 0 Å². The number of rotatable bonds is 21. The van der Waals surface area contributed by atoms with Crippen molar-refractivity contribution in [2.75, 3.05) is 39.6 Å². The maximum absolute atomic E-state index is 13.1. The fourth-order valence-corrected chi connectivity index (χ4v) is 11.0. The molecule has 0 bridgehead atoms. The monoisotopic (exact) mass is 1260 g/mol. The molecule has 0 spiro atoms. The average molecular weight is 1260 g/mol. The highest BCUT2D eigenvalue weighted by atomic mass is 16.8. The Morgan fingerprint density at radius 2 is 0.698 bits per heavy atom. The molecule has 0 aromatic carbocycles. The van der Waals surface area contributed by atoms with E-state index in [1.54, 1.807) is 0 Å². The van der Waals surface area contributed by atoms with Crippen LogP contribution in [-0.4, -0.2) is 369 Å². The number of amides is 3.